The van der Waals surface area contributed by atoms with E-state index in [1.165, 1.54) is 30.0 Å². The molecule has 1 fully saturated rings. The first kappa shape index (κ1) is 22.4. The first-order chi connectivity index (χ1) is 17.7. The predicted molar refractivity (Wildman–Crippen MR) is 143 cm³/mol. The molecule has 1 N–H and O–H groups in total. The molecule has 0 spiro atoms. The van der Waals surface area contributed by atoms with Crippen LogP contribution in [0.2, 0.25) is 0 Å². The number of aromatic nitrogens is 2. The zero-order valence-electron chi connectivity index (χ0n) is 20.1. The van der Waals surface area contributed by atoms with E-state index < -0.39 is 5.97 Å². The Kier molecular flexibility index (Phi) is 5.90. The summed E-state index contributed by atoms with van der Waals surface area (Å²) in [6.07, 6.45) is 5.92. The molecule has 1 saturated carbocycles. The lowest BCUT2D eigenvalue weighted by Gasteiger charge is -2.25. The summed E-state index contributed by atoms with van der Waals surface area (Å²) in [5.41, 5.74) is 4.13. The average Bonchev–Trinajstić information content (AvgIpc) is 3.31. The molecule has 1 heterocycles. The van der Waals surface area contributed by atoms with Crippen molar-refractivity contribution >= 4 is 27.8 Å². The van der Waals surface area contributed by atoms with Crippen LogP contribution in [0, 0.1) is 0 Å². The molecule has 6 rings (SSSR count). The van der Waals surface area contributed by atoms with Crippen molar-refractivity contribution in [1.29, 1.82) is 0 Å². The van der Waals surface area contributed by atoms with Gasteiger partial charge in [0.1, 0.15) is 18.2 Å². The summed E-state index contributed by atoms with van der Waals surface area (Å²) >= 11 is 0. The number of aromatic carboxylic acids is 1. The van der Waals surface area contributed by atoms with Gasteiger partial charge in [-0.2, -0.15) is 0 Å². The molecule has 0 saturated heterocycles. The van der Waals surface area contributed by atoms with E-state index in [0.717, 1.165) is 46.6 Å². The lowest BCUT2D eigenvalue weighted by Crippen LogP contribution is -2.14. The number of benzene rings is 4. The minimum atomic E-state index is -0.932. The fourth-order valence-electron chi connectivity index (χ4n) is 5.34. The first-order valence-corrected chi connectivity index (χ1v) is 12.6. The Labute approximate surface area is 210 Å². The maximum absolute atomic E-state index is 11.5. The number of carbonyl (C=O) groups is 1. The zero-order chi connectivity index (χ0) is 24.5. The number of ether oxygens (including phenoxy) is 1. The van der Waals surface area contributed by atoms with E-state index in [1.54, 1.807) is 12.1 Å². The molecule has 0 unspecified atom stereocenters. The molecule has 0 atom stereocenters. The highest BCUT2D eigenvalue weighted by Gasteiger charge is 2.23. The molecule has 1 aliphatic rings. The van der Waals surface area contributed by atoms with E-state index in [4.69, 9.17) is 9.72 Å². The van der Waals surface area contributed by atoms with Gasteiger partial charge in [-0.15, -0.1) is 0 Å². The van der Waals surface area contributed by atoms with Crippen LogP contribution in [0.5, 0.6) is 5.75 Å². The smallest absolute Gasteiger partial charge is 0.335 e. The summed E-state index contributed by atoms with van der Waals surface area (Å²) in [5.74, 6) is 0.763. The van der Waals surface area contributed by atoms with E-state index in [0.29, 0.717) is 12.6 Å². The first-order valence-electron chi connectivity index (χ1n) is 12.6. The van der Waals surface area contributed by atoms with Crippen LogP contribution in [-0.2, 0) is 6.61 Å². The summed E-state index contributed by atoms with van der Waals surface area (Å²) in [6, 6.07) is 28.5. The number of imidazole rings is 1. The number of rotatable bonds is 6. The molecule has 180 valence electrons. The molecule has 1 aliphatic carbocycles. The number of hydrogen-bond donors (Lipinski definition) is 1. The summed E-state index contributed by atoms with van der Waals surface area (Å²) < 4.78 is 8.41. The number of fused-ring (bicyclic) bond motifs is 2. The van der Waals surface area contributed by atoms with Gasteiger partial charge in [0.2, 0.25) is 0 Å². The van der Waals surface area contributed by atoms with Gasteiger partial charge < -0.3 is 14.4 Å². The standard InChI is InChI=1S/C31H28N2O3/c34-31(35)25-14-17-29-28(19-25)32-30(33(29)26-8-2-1-3-9-26)23-12-15-27(16-13-23)36-20-21-10-11-22-6-4-5-7-24(22)18-21/h4-7,10-19,26H,1-3,8-9,20H2,(H,34,35). The van der Waals surface area contributed by atoms with Crippen molar-refractivity contribution in [2.75, 3.05) is 0 Å². The number of nitrogens with zero attached hydrogens (tertiary/aromatic N) is 2. The minimum absolute atomic E-state index is 0.264. The Balaban J connectivity index is 1.28. The SMILES string of the molecule is O=C(O)c1ccc2c(c1)nc(-c1ccc(OCc3ccc4ccccc4c3)cc1)n2C1CCCCC1. The van der Waals surface area contributed by atoms with E-state index >= 15 is 0 Å². The highest BCUT2D eigenvalue weighted by Crippen LogP contribution is 2.36. The van der Waals surface area contributed by atoms with Crippen molar-refractivity contribution in [1.82, 2.24) is 9.55 Å². The van der Waals surface area contributed by atoms with Crippen molar-refractivity contribution in [3.05, 3.63) is 96.1 Å². The number of carboxylic acids is 1. The quantitative estimate of drug-likeness (QED) is 0.273. The van der Waals surface area contributed by atoms with Crippen molar-refractivity contribution in [3.8, 4) is 17.1 Å². The van der Waals surface area contributed by atoms with Gasteiger partial charge in [0.05, 0.1) is 16.6 Å². The zero-order valence-corrected chi connectivity index (χ0v) is 20.1. The van der Waals surface area contributed by atoms with Gasteiger partial charge in [0, 0.05) is 11.6 Å². The lowest BCUT2D eigenvalue weighted by atomic mass is 9.95. The molecule has 5 aromatic rings. The summed E-state index contributed by atoms with van der Waals surface area (Å²) in [4.78, 5) is 16.4. The molecule has 0 aliphatic heterocycles. The van der Waals surface area contributed by atoms with Crippen molar-refractivity contribution < 1.29 is 14.6 Å². The van der Waals surface area contributed by atoms with Crippen molar-refractivity contribution in [3.63, 3.8) is 0 Å². The molecule has 0 amide bonds. The van der Waals surface area contributed by atoms with E-state index in [-0.39, 0.29) is 5.56 Å². The van der Waals surface area contributed by atoms with Crippen LogP contribution in [-0.4, -0.2) is 20.6 Å². The second-order valence-corrected chi connectivity index (χ2v) is 9.60. The van der Waals surface area contributed by atoms with Gasteiger partial charge in [-0.25, -0.2) is 9.78 Å². The highest BCUT2D eigenvalue weighted by atomic mass is 16.5. The maximum Gasteiger partial charge on any atom is 0.335 e. The van der Waals surface area contributed by atoms with Crippen LogP contribution in [0.1, 0.15) is 54.1 Å². The monoisotopic (exact) mass is 476 g/mol. The third-order valence-electron chi connectivity index (χ3n) is 7.21. The van der Waals surface area contributed by atoms with E-state index in [2.05, 4.69) is 41.0 Å². The number of carboxylic acid groups (broad SMARTS) is 1. The Morgan fingerprint density at radius 3 is 2.44 bits per heavy atom. The van der Waals surface area contributed by atoms with Gasteiger partial charge >= 0.3 is 5.97 Å². The second-order valence-electron chi connectivity index (χ2n) is 9.60. The Morgan fingerprint density at radius 2 is 1.67 bits per heavy atom. The minimum Gasteiger partial charge on any atom is -0.489 e. The lowest BCUT2D eigenvalue weighted by molar-refractivity contribution is 0.0697. The number of hydrogen-bond acceptors (Lipinski definition) is 3. The fourth-order valence-corrected chi connectivity index (χ4v) is 5.34. The van der Waals surface area contributed by atoms with E-state index in [9.17, 15) is 9.90 Å². The highest BCUT2D eigenvalue weighted by molar-refractivity contribution is 5.93. The molecule has 4 aromatic carbocycles. The van der Waals surface area contributed by atoms with Crippen LogP contribution in [0.3, 0.4) is 0 Å². The molecule has 5 heteroatoms. The van der Waals surface area contributed by atoms with Crippen molar-refractivity contribution in [2.24, 2.45) is 0 Å². The van der Waals surface area contributed by atoms with Gasteiger partial charge in [-0.3, -0.25) is 0 Å². The van der Waals surface area contributed by atoms with Crippen LogP contribution >= 0.6 is 0 Å². The van der Waals surface area contributed by atoms with Crippen molar-refractivity contribution in [2.45, 2.75) is 44.8 Å². The van der Waals surface area contributed by atoms with Crippen LogP contribution in [0.25, 0.3) is 33.2 Å². The predicted octanol–water partition coefficient (Wildman–Crippen LogP) is 7.64. The molecule has 36 heavy (non-hydrogen) atoms. The third kappa shape index (κ3) is 4.33. The van der Waals surface area contributed by atoms with Gasteiger partial charge in [-0.05, 0) is 77.7 Å². The summed E-state index contributed by atoms with van der Waals surface area (Å²) in [7, 11) is 0. The fraction of sp³-hybridized carbons (Fsp3) is 0.226. The van der Waals surface area contributed by atoms with Crippen LogP contribution in [0.4, 0.5) is 0 Å². The van der Waals surface area contributed by atoms with E-state index in [1.807, 2.05) is 36.4 Å². The Morgan fingerprint density at radius 1 is 0.889 bits per heavy atom. The summed E-state index contributed by atoms with van der Waals surface area (Å²) in [5, 5.41) is 11.9. The van der Waals surface area contributed by atoms with Gasteiger partial charge in [-0.1, -0.05) is 55.7 Å². The average molecular weight is 477 g/mol. The molecular weight excluding hydrogens is 448 g/mol. The molecule has 0 radical (unpaired) electrons. The third-order valence-corrected chi connectivity index (χ3v) is 7.21. The molecular formula is C31H28N2O3. The Bertz CT molecular complexity index is 1550. The van der Waals surface area contributed by atoms with Crippen LogP contribution in [0.15, 0.2) is 84.9 Å². The maximum atomic E-state index is 11.5. The van der Waals surface area contributed by atoms with Crippen LogP contribution < -0.4 is 4.74 Å². The van der Waals surface area contributed by atoms with Gasteiger partial charge in [0.15, 0.2) is 0 Å². The van der Waals surface area contributed by atoms with Gasteiger partial charge in [0.25, 0.3) is 0 Å². The topological polar surface area (TPSA) is 64.3 Å². The normalized spacial score (nSPS) is 14.3. The molecule has 0 bridgehead atoms. The molecule has 5 nitrogen and oxygen atoms in total. The Hall–Kier alpha value is -4.12. The largest absolute Gasteiger partial charge is 0.489 e. The molecule has 1 aromatic heterocycles. The summed E-state index contributed by atoms with van der Waals surface area (Å²) in [6.45, 7) is 0.503. The second kappa shape index (κ2) is 9.50.